The van der Waals surface area contributed by atoms with E-state index in [9.17, 15) is 19.5 Å². The highest BCUT2D eigenvalue weighted by atomic mass is 16.6. The molecule has 1 saturated heterocycles. The van der Waals surface area contributed by atoms with Gasteiger partial charge in [0.15, 0.2) is 5.78 Å². The summed E-state index contributed by atoms with van der Waals surface area (Å²) in [6.45, 7) is 4.33. The number of rotatable bonds is 1. The van der Waals surface area contributed by atoms with Crippen molar-refractivity contribution in [2.75, 3.05) is 7.11 Å². The van der Waals surface area contributed by atoms with Crippen LogP contribution in [0.15, 0.2) is 11.6 Å². The van der Waals surface area contributed by atoms with E-state index in [4.69, 9.17) is 9.47 Å². The number of allylic oxidation sites excluding steroid dienone is 1. The number of carbonyl (C=O) groups is 3. The van der Waals surface area contributed by atoms with E-state index in [0.717, 1.165) is 18.4 Å². The van der Waals surface area contributed by atoms with Crippen LogP contribution in [0.25, 0.3) is 0 Å². The van der Waals surface area contributed by atoms with Crippen molar-refractivity contribution in [3.05, 3.63) is 11.6 Å². The van der Waals surface area contributed by atoms with Gasteiger partial charge in [0.25, 0.3) is 0 Å². The second-order valence-electron chi connectivity index (χ2n) is 10.8. The van der Waals surface area contributed by atoms with Crippen LogP contribution in [-0.4, -0.2) is 41.6 Å². The molecule has 8 atom stereocenters. The summed E-state index contributed by atoms with van der Waals surface area (Å²) in [7, 11) is 1.42. The third-order valence-electron chi connectivity index (χ3n) is 9.79. The number of aliphatic hydroxyl groups is 1. The zero-order chi connectivity index (χ0) is 21.5. The molecule has 0 aromatic rings. The molecule has 30 heavy (non-hydrogen) atoms. The predicted octanol–water partition coefficient (Wildman–Crippen LogP) is 2.96. The van der Waals surface area contributed by atoms with E-state index in [2.05, 4.69) is 13.8 Å². The fourth-order valence-electron chi connectivity index (χ4n) is 8.35. The minimum atomic E-state index is -0.611. The van der Waals surface area contributed by atoms with E-state index in [-0.39, 0.29) is 52.2 Å². The Labute approximate surface area is 177 Å². The summed E-state index contributed by atoms with van der Waals surface area (Å²) >= 11 is 0. The van der Waals surface area contributed by atoms with Gasteiger partial charge in [0.2, 0.25) is 0 Å². The number of aliphatic hydroxyl groups excluding tert-OH is 1. The largest absolute Gasteiger partial charge is 0.469 e. The van der Waals surface area contributed by atoms with Gasteiger partial charge in [-0.15, -0.1) is 0 Å². The van der Waals surface area contributed by atoms with Crippen LogP contribution in [0.4, 0.5) is 0 Å². The first-order valence-electron chi connectivity index (χ1n) is 11.4. The van der Waals surface area contributed by atoms with Crippen LogP contribution in [0.2, 0.25) is 0 Å². The summed E-state index contributed by atoms with van der Waals surface area (Å²) in [5.41, 5.74) is -0.168. The molecule has 6 nitrogen and oxygen atoms in total. The van der Waals surface area contributed by atoms with Crippen LogP contribution in [-0.2, 0) is 23.9 Å². The van der Waals surface area contributed by atoms with Gasteiger partial charge in [-0.05, 0) is 67.8 Å². The molecule has 4 fully saturated rings. The van der Waals surface area contributed by atoms with Crippen molar-refractivity contribution < 1.29 is 29.0 Å². The SMILES string of the molecule is COC(=O)C1CC2=CC(=O)CCC2(C)C2C1C1CCC3(CCC(=O)O3)C1(C)C[C@H]2O. The molecule has 0 amide bonds. The molecule has 0 radical (unpaired) electrons. The normalized spacial score (nSPS) is 49.7. The molecular weight excluding hydrogens is 384 g/mol. The molecule has 5 rings (SSSR count). The standard InChI is InChI=1S/C24H32O6/c1-22-7-4-14(25)10-13(22)11-15(21(28)29-3)19-16-5-8-24(9-6-18(27)30-24)23(16,2)12-17(26)20(19)22/h10,15-17,19-20,26H,4-9,11-12H2,1-3H3/t15?,16?,17-,19?,20?,22?,23?,24?/m1/s1. The van der Waals surface area contributed by atoms with Crippen LogP contribution in [0.5, 0.6) is 0 Å². The number of methoxy groups -OCH3 is 1. The third-order valence-corrected chi connectivity index (χ3v) is 9.79. The van der Waals surface area contributed by atoms with Gasteiger partial charge in [-0.2, -0.15) is 0 Å². The summed E-state index contributed by atoms with van der Waals surface area (Å²) < 4.78 is 11.2. The molecule has 0 bridgehead atoms. The molecule has 1 heterocycles. The molecule has 6 heteroatoms. The third kappa shape index (κ3) is 2.43. The number of hydrogen-bond donors (Lipinski definition) is 1. The number of fused-ring (bicyclic) bond motifs is 6. The minimum absolute atomic E-state index is 0.0415. The van der Waals surface area contributed by atoms with E-state index >= 15 is 0 Å². The van der Waals surface area contributed by atoms with Gasteiger partial charge in [0, 0.05) is 18.3 Å². The number of esters is 2. The number of hydrogen-bond acceptors (Lipinski definition) is 6. The van der Waals surface area contributed by atoms with Crippen molar-refractivity contribution in [2.24, 2.45) is 34.5 Å². The molecule has 0 aromatic heterocycles. The maximum Gasteiger partial charge on any atom is 0.309 e. The van der Waals surface area contributed by atoms with Crippen LogP contribution in [0, 0.1) is 34.5 Å². The van der Waals surface area contributed by atoms with Crippen LogP contribution < -0.4 is 0 Å². The zero-order valence-corrected chi connectivity index (χ0v) is 18.1. The Morgan fingerprint density at radius 1 is 1.20 bits per heavy atom. The van der Waals surface area contributed by atoms with Gasteiger partial charge in [0.05, 0.1) is 19.1 Å². The van der Waals surface area contributed by atoms with Gasteiger partial charge in [-0.3, -0.25) is 14.4 Å². The maximum atomic E-state index is 12.9. The molecule has 1 spiro atoms. The van der Waals surface area contributed by atoms with E-state index in [1.807, 2.05) is 0 Å². The minimum Gasteiger partial charge on any atom is -0.469 e. The lowest BCUT2D eigenvalue weighted by atomic mass is 9.43. The summed E-state index contributed by atoms with van der Waals surface area (Å²) in [5.74, 6) is -0.636. The van der Waals surface area contributed by atoms with Gasteiger partial charge in [0.1, 0.15) is 5.60 Å². The van der Waals surface area contributed by atoms with E-state index in [1.165, 1.54) is 7.11 Å². The Kier molecular flexibility index (Phi) is 4.32. The lowest BCUT2D eigenvalue weighted by molar-refractivity contribution is -0.197. The van der Waals surface area contributed by atoms with Crippen LogP contribution in [0.3, 0.4) is 0 Å². The lowest BCUT2D eigenvalue weighted by Gasteiger charge is -2.62. The highest BCUT2D eigenvalue weighted by Gasteiger charge is 2.71. The Balaban J connectivity index is 1.62. The number of ether oxygens (including phenoxy) is 2. The summed E-state index contributed by atoms with van der Waals surface area (Å²) in [4.78, 5) is 37.2. The predicted molar refractivity (Wildman–Crippen MR) is 107 cm³/mol. The first kappa shape index (κ1) is 20.2. The van der Waals surface area contributed by atoms with E-state index in [0.29, 0.717) is 38.5 Å². The molecule has 0 aromatic carbocycles. The van der Waals surface area contributed by atoms with E-state index in [1.54, 1.807) is 6.08 Å². The molecule has 1 aliphatic heterocycles. The molecule has 1 N–H and O–H groups in total. The van der Waals surface area contributed by atoms with Crippen molar-refractivity contribution in [2.45, 2.75) is 76.9 Å². The monoisotopic (exact) mass is 416 g/mol. The molecule has 7 unspecified atom stereocenters. The van der Waals surface area contributed by atoms with Gasteiger partial charge in [-0.1, -0.05) is 19.4 Å². The van der Waals surface area contributed by atoms with Crippen LogP contribution >= 0.6 is 0 Å². The first-order chi connectivity index (χ1) is 14.1. The highest BCUT2D eigenvalue weighted by molar-refractivity contribution is 5.92. The average Bonchev–Trinajstić information content (AvgIpc) is 3.21. The lowest BCUT2D eigenvalue weighted by Crippen LogP contribution is -2.62. The molecule has 3 saturated carbocycles. The molecule has 164 valence electrons. The second-order valence-corrected chi connectivity index (χ2v) is 10.8. The second kappa shape index (κ2) is 6.41. The quantitative estimate of drug-likeness (QED) is 0.661. The highest BCUT2D eigenvalue weighted by Crippen LogP contribution is 2.70. The Hall–Kier alpha value is -1.69. The first-order valence-corrected chi connectivity index (χ1v) is 11.4. The van der Waals surface area contributed by atoms with Gasteiger partial charge < -0.3 is 14.6 Å². The van der Waals surface area contributed by atoms with Crippen molar-refractivity contribution in [1.29, 1.82) is 0 Å². The van der Waals surface area contributed by atoms with E-state index < -0.39 is 11.7 Å². The number of carbonyl (C=O) groups excluding carboxylic acids is 3. The van der Waals surface area contributed by atoms with Gasteiger partial charge in [-0.25, -0.2) is 0 Å². The van der Waals surface area contributed by atoms with Crippen molar-refractivity contribution in [3.63, 3.8) is 0 Å². The fourth-order valence-corrected chi connectivity index (χ4v) is 8.35. The van der Waals surface area contributed by atoms with Crippen molar-refractivity contribution in [3.8, 4) is 0 Å². The van der Waals surface area contributed by atoms with Crippen molar-refractivity contribution >= 4 is 17.7 Å². The summed E-state index contributed by atoms with van der Waals surface area (Å²) in [6.07, 6.45) is 6.21. The summed E-state index contributed by atoms with van der Waals surface area (Å²) in [6, 6.07) is 0. The smallest absolute Gasteiger partial charge is 0.309 e. The molecular formula is C24H32O6. The average molecular weight is 417 g/mol. The van der Waals surface area contributed by atoms with Gasteiger partial charge >= 0.3 is 11.9 Å². The Morgan fingerprint density at radius 3 is 2.63 bits per heavy atom. The summed E-state index contributed by atoms with van der Waals surface area (Å²) in [5, 5.41) is 11.6. The Morgan fingerprint density at radius 2 is 1.97 bits per heavy atom. The molecule has 4 aliphatic carbocycles. The molecule has 5 aliphatic rings. The fraction of sp³-hybridized carbons (Fsp3) is 0.792. The Bertz CT molecular complexity index is 847. The maximum absolute atomic E-state index is 12.9. The van der Waals surface area contributed by atoms with Crippen LogP contribution in [0.1, 0.15) is 65.2 Å². The number of ketones is 1. The zero-order valence-electron chi connectivity index (χ0n) is 18.1. The topological polar surface area (TPSA) is 89.9 Å². The van der Waals surface area contributed by atoms with Crippen molar-refractivity contribution in [1.82, 2.24) is 0 Å².